The van der Waals surface area contributed by atoms with Crippen LogP contribution in [0.5, 0.6) is 11.5 Å². The quantitative estimate of drug-likeness (QED) is 0.679. The van der Waals surface area contributed by atoms with Gasteiger partial charge in [0, 0.05) is 10.1 Å². The molecule has 114 valence electrons. The number of anilines is 1. The van der Waals surface area contributed by atoms with Gasteiger partial charge in [-0.3, -0.25) is 10.1 Å². The van der Waals surface area contributed by atoms with Gasteiger partial charge in [-0.1, -0.05) is 5.10 Å². The lowest BCUT2D eigenvalue weighted by Gasteiger charge is -2.10. The minimum atomic E-state index is -0.380. The molecule has 3 N–H and O–H groups in total. The lowest BCUT2D eigenvalue weighted by Crippen LogP contribution is -2.14. The Morgan fingerprint density at radius 3 is 2.95 bits per heavy atom. The molecule has 1 amide bonds. The summed E-state index contributed by atoms with van der Waals surface area (Å²) in [6.45, 7) is 3.74. The van der Waals surface area contributed by atoms with E-state index in [1.54, 1.807) is 18.2 Å². The minimum absolute atomic E-state index is 0.112. The van der Waals surface area contributed by atoms with Crippen LogP contribution in [0.1, 0.15) is 23.5 Å². The first-order valence-corrected chi connectivity index (χ1v) is 7.33. The number of hydrogen-bond donors (Lipinski definition) is 3. The number of tetrazole rings is 1. The molecular weight excluding hydrogens is 306 g/mol. The van der Waals surface area contributed by atoms with Gasteiger partial charge >= 0.3 is 0 Å². The van der Waals surface area contributed by atoms with E-state index in [-0.39, 0.29) is 23.7 Å². The summed E-state index contributed by atoms with van der Waals surface area (Å²) in [6.07, 6.45) is -0.112. The summed E-state index contributed by atoms with van der Waals surface area (Å²) in [5.74, 6) is 0.330. The highest BCUT2D eigenvalue weighted by molar-refractivity contribution is 7.21. The van der Waals surface area contributed by atoms with Gasteiger partial charge in [0.1, 0.15) is 10.6 Å². The van der Waals surface area contributed by atoms with E-state index in [1.807, 2.05) is 13.8 Å². The molecule has 0 atom stereocenters. The molecule has 8 nitrogen and oxygen atoms in total. The predicted octanol–water partition coefficient (Wildman–Crippen LogP) is 2.16. The Balaban J connectivity index is 2.05. The Morgan fingerprint density at radius 2 is 2.27 bits per heavy atom. The van der Waals surface area contributed by atoms with Gasteiger partial charge in [0.2, 0.25) is 5.95 Å². The molecule has 2 heterocycles. The maximum absolute atomic E-state index is 12.4. The first-order chi connectivity index (χ1) is 10.5. The van der Waals surface area contributed by atoms with E-state index >= 15 is 0 Å². The Bertz CT molecular complexity index is 813. The number of nitrogens with zero attached hydrogens (tertiary/aromatic N) is 3. The molecule has 0 radical (unpaired) electrons. The number of aromatic amines is 1. The summed E-state index contributed by atoms with van der Waals surface area (Å²) >= 11 is 1.27. The Kier molecular flexibility index (Phi) is 3.63. The van der Waals surface area contributed by atoms with Crippen molar-refractivity contribution in [3.05, 3.63) is 23.1 Å². The first-order valence-electron chi connectivity index (χ1n) is 6.52. The number of ether oxygens (including phenoxy) is 1. The first kappa shape index (κ1) is 14.3. The molecule has 0 aliphatic rings. The third kappa shape index (κ3) is 2.70. The van der Waals surface area contributed by atoms with E-state index in [1.165, 1.54) is 11.3 Å². The molecule has 0 saturated heterocycles. The molecule has 0 aliphatic heterocycles. The van der Waals surface area contributed by atoms with E-state index in [9.17, 15) is 9.90 Å². The Morgan fingerprint density at radius 1 is 1.45 bits per heavy atom. The van der Waals surface area contributed by atoms with Crippen LogP contribution in [0.4, 0.5) is 5.95 Å². The van der Waals surface area contributed by atoms with Crippen LogP contribution < -0.4 is 10.1 Å². The van der Waals surface area contributed by atoms with Crippen molar-refractivity contribution < 1.29 is 14.6 Å². The number of amides is 1. The molecule has 0 spiro atoms. The average Bonchev–Trinajstić information content (AvgIpc) is 3.07. The number of rotatable bonds is 4. The van der Waals surface area contributed by atoms with Gasteiger partial charge in [0.15, 0.2) is 5.75 Å². The molecule has 0 fully saturated rings. The Hall–Kier alpha value is -2.68. The second kappa shape index (κ2) is 5.60. The summed E-state index contributed by atoms with van der Waals surface area (Å²) in [6, 6.07) is 4.89. The maximum Gasteiger partial charge on any atom is 0.271 e. The van der Waals surface area contributed by atoms with Gasteiger partial charge < -0.3 is 9.84 Å². The molecule has 3 aromatic rings. The molecular formula is C13H13N5O3S. The molecule has 1 aromatic carbocycles. The number of phenols is 1. The van der Waals surface area contributed by atoms with E-state index < -0.39 is 0 Å². The van der Waals surface area contributed by atoms with Crippen LogP contribution in [-0.4, -0.2) is 37.7 Å². The zero-order valence-electron chi connectivity index (χ0n) is 11.8. The van der Waals surface area contributed by atoms with Gasteiger partial charge in [-0.05, 0) is 42.5 Å². The number of H-pyrrole nitrogens is 1. The highest BCUT2D eigenvalue weighted by Crippen LogP contribution is 2.40. The fourth-order valence-electron chi connectivity index (χ4n) is 1.94. The van der Waals surface area contributed by atoms with Crippen molar-refractivity contribution in [2.75, 3.05) is 5.32 Å². The van der Waals surface area contributed by atoms with Gasteiger partial charge in [-0.15, -0.1) is 11.3 Å². The van der Waals surface area contributed by atoms with Crippen LogP contribution in [0.25, 0.3) is 10.1 Å². The second-order valence-corrected chi connectivity index (χ2v) is 5.86. The highest BCUT2D eigenvalue weighted by Gasteiger charge is 2.22. The van der Waals surface area contributed by atoms with Crippen molar-refractivity contribution in [2.24, 2.45) is 0 Å². The van der Waals surface area contributed by atoms with E-state index in [4.69, 9.17) is 4.74 Å². The van der Waals surface area contributed by atoms with E-state index in [2.05, 4.69) is 25.9 Å². The molecule has 0 unspecified atom stereocenters. The largest absolute Gasteiger partial charge is 0.508 e. The summed E-state index contributed by atoms with van der Waals surface area (Å²) in [5, 5.41) is 25.8. The molecule has 0 aliphatic carbocycles. The average molecular weight is 319 g/mol. The predicted molar refractivity (Wildman–Crippen MR) is 81.4 cm³/mol. The molecule has 0 saturated carbocycles. The molecule has 0 bridgehead atoms. The highest BCUT2D eigenvalue weighted by atomic mass is 32.1. The smallest absolute Gasteiger partial charge is 0.271 e. The molecule has 22 heavy (non-hydrogen) atoms. The SMILES string of the molecule is CC(C)Oc1c(C(=O)Nc2nnn[nH]2)sc2ccc(O)cc12. The fraction of sp³-hybridized carbons (Fsp3) is 0.231. The number of aromatic nitrogens is 4. The number of fused-ring (bicyclic) bond motifs is 1. The number of hydrogen-bond acceptors (Lipinski definition) is 7. The molecule has 9 heteroatoms. The van der Waals surface area contributed by atoms with E-state index in [0.29, 0.717) is 16.0 Å². The molecule has 2 aromatic heterocycles. The zero-order chi connectivity index (χ0) is 15.7. The third-order valence-corrected chi connectivity index (χ3v) is 3.91. The summed E-state index contributed by atoms with van der Waals surface area (Å²) < 4.78 is 6.61. The minimum Gasteiger partial charge on any atom is -0.508 e. The number of phenolic OH excluding ortho intramolecular Hbond substituents is 1. The summed E-state index contributed by atoms with van der Waals surface area (Å²) in [7, 11) is 0. The third-order valence-electron chi connectivity index (χ3n) is 2.76. The van der Waals surface area contributed by atoms with Crippen molar-refractivity contribution in [1.29, 1.82) is 0 Å². The van der Waals surface area contributed by atoms with Crippen LogP contribution >= 0.6 is 11.3 Å². The van der Waals surface area contributed by atoms with Crippen LogP contribution in [0, 0.1) is 0 Å². The van der Waals surface area contributed by atoms with Crippen LogP contribution in [0.3, 0.4) is 0 Å². The van der Waals surface area contributed by atoms with Crippen molar-refractivity contribution in [2.45, 2.75) is 20.0 Å². The van der Waals surface area contributed by atoms with Crippen LogP contribution in [0.2, 0.25) is 0 Å². The van der Waals surface area contributed by atoms with Crippen LogP contribution in [0.15, 0.2) is 18.2 Å². The normalized spacial score (nSPS) is 11.0. The van der Waals surface area contributed by atoms with Crippen molar-refractivity contribution in [3.8, 4) is 11.5 Å². The zero-order valence-corrected chi connectivity index (χ0v) is 12.6. The lowest BCUT2D eigenvalue weighted by atomic mass is 10.2. The standard InChI is InChI=1S/C13H13N5O3S/c1-6(2)21-10-8-5-7(19)3-4-9(8)22-11(10)12(20)14-13-15-17-18-16-13/h3-6,19H,1-2H3,(H2,14,15,16,17,18,20). The number of nitrogens with one attached hydrogen (secondary N) is 2. The van der Waals surface area contributed by atoms with Crippen molar-refractivity contribution in [3.63, 3.8) is 0 Å². The number of benzene rings is 1. The fourth-order valence-corrected chi connectivity index (χ4v) is 2.95. The van der Waals surface area contributed by atoms with Crippen molar-refractivity contribution in [1.82, 2.24) is 20.6 Å². The molecule has 3 rings (SSSR count). The lowest BCUT2D eigenvalue weighted by molar-refractivity contribution is 0.102. The number of thiophene rings is 1. The van der Waals surface area contributed by atoms with Crippen molar-refractivity contribution >= 4 is 33.3 Å². The van der Waals surface area contributed by atoms with Crippen LogP contribution in [-0.2, 0) is 0 Å². The summed E-state index contributed by atoms with van der Waals surface area (Å²) in [5.41, 5.74) is 0. The number of carbonyl (C=O) groups excluding carboxylic acids is 1. The topological polar surface area (TPSA) is 113 Å². The van der Waals surface area contributed by atoms with Gasteiger partial charge in [-0.25, -0.2) is 5.10 Å². The number of aromatic hydroxyl groups is 1. The van der Waals surface area contributed by atoms with Gasteiger partial charge in [-0.2, -0.15) is 0 Å². The van der Waals surface area contributed by atoms with E-state index in [0.717, 1.165) is 4.70 Å². The van der Waals surface area contributed by atoms with Gasteiger partial charge in [0.05, 0.1) is 6.10 Å². The Labute approximate surface area is 129 Å². The van der Waals surface area contributed by atoms with Gasteiger partial charge in [0.25, 0.3) is 5.91 Å². The maximum atomic E-state index is 12.4. The number of carbonyl (C=O) groups is 1. The summed E-state index contributed by atoms with van der Waals surface area (Å²) in [4.78, 5) is 12.8. The monoisotopic (exact) mass is 319 g/mol. The second-order valence-electron chi connectivity index (χ2n) is 4.81.